The number of methoxy groups -OCH3 is 1. The Balaban J connectivity index is 1.99. The minimum Gasteiger partial charge on any atom is -0.467 e. The number of aryl methyl sites for hydroxylation is 1. The van der Waals surface area contributed by atoms with Gasteiger partial charge in [-0.2, -0.15) is 10.4 Å². The summed E-state index contributed by atoms with van der Waals surface area (Å²) in [4.78, 5) is 16.0. The molecule has 0 bridgehead atoms. The van der Waals surface area contributed by atoms with Crippen LogP contribution in [0.5, 0.6) is 5.88 Å². The number of nitrogens with zero attached hydrogens (tertiary/aromatic N) is 3. The lowest BCUT2D eigenvalue weighted by molar-refractivity contribution is -0.123. The van der Waals surface area contributed by atoms with E-state index in [4.69, 9.17) is 21.1 Å². The second-order valence-electron chi connectivity index (χ2n) is 5.25. The molecular formula is C18H17ClN4O3. The molecule has 1 N–H and O–H groups in total. The fourth-order valence-corrected chi connectivity index (χ4v) is 2.31. The molecule has 1 heterocycles. The van der Waals surface area contributed by atoms with Crippen LogP contribution in [0.4, 0.5) is 0 Å². The first-order valence-electron chi connectivity index (χ1n) is 7.64. The standard InChI is InChI=1S/C18H17ClN4O3/c1-12-7-14(10-25-2)15(8-20)18(22-12)26-11-17(24)23-21-9-13-5-3-4-6-16(13)19/h3-7,9H,10-11H2,1-2H3,(H,23,24)/b21-9+. The summed E-state index contributed by atoms with van der Waals surface area (Å²) in [5.74, 6) is -0.404. The van der Waals surface area contributed by atoms with Gasteiger partial charge >= 0.3 is 0 Å². The smallest absolute Gasteiger partial charge is 0.278 e. The molecule has 0 aliphatic heterocycles. The molecule has 0 aliphatic rings. The molecule has 26 heavy (non-hydrogen) atoms. The Kier molecular flexibility index (Phi) is 7.09. The first-order valence-corrected chi connectivity index (χ1v) is 8.01. The second-order valence-corrected chi connectivity index (χ2v) is 5.66. The zero-order chi connectivity index (χ0) is 18.9. The molecule has 8 heteroatoms. The van der Waals surface area contributed by atoms with E-state index in [0.29, 0.717) is 21.8 Å². The molecule has 0 aliphatic carbocycles. The maximum atomic E-state index is 11.9. The Bertz CT molecular complexity index is 862. The molecule has 2 aromatic rings. The van der Waals surface area contributed by atoms with Crippen molar-refractivity contribution in [3.05, 3.63) is 57.7 Å². The van der Waals surface area contributed by atoms with Crippen molar-refractivity contribution in [3.8, 4) is 11.9 Å². The maximum Gasteiger partial charge on any atom is 0.278 e. The van der Waals surface area contributed by atoms with Crippen LogP contribution in [-0.4, -0.2) is 30.8 Å². The molecular weight excluding hydrogens is 356 g/mol. The van der Waals surface area contributed by atoms with Gasteiger partial charge in [0.25, 0.3) is 5.91 Å². The van der Waals surface area contributed by atoms with Gasteiger partial charge in [0, 0.05) is 29.0 Å². The predicted octanol–water partition coefficient (Wildman–Crippen LogP) is 2.59. The molecule has 0 saturated carbocycles. The quantitative estimate of drug-likeness (QED) is 0.595. The summed E-state index contributed by atoms with van der Waals surface area (Å²) in [6, 6.07) is 10.9. The van der Waals surface area contributed by atoms with Gasteiger partial charge in [-0.1, -0.05) is 29.8 Å². The summed E-state index contributed by atoms with van der Waals surface area (Å²) in [7, 11) is 1.53. The molecule has 0 fully saturated rings. The Morgan fingerprint density at radius 2 is 2.23 bits per heavy atom. The number of rotatable bonds is 7. The number of hydrogen-bond acceptors (Lipinski definition) is 6. The van der Waals surface area contributed by atoms with E-state index in [0.717, 1.165) is 0 Å². The van der Waals surface area contributed by atoms with Gasteiger partial charge in [-0.15, -0.1) is 0 Å². The topological polar surface area (TPSA) is 96.6 Å². The van der Waals surface area contributed by atoms with Gasteiger partial charge in [0.15, 0.2) is 6.61 Å². The molecule has 134 valence electrons. The molecule has 1 aromatic heterocycles. The SMILES string of the molecule is COCc1cc(C)nc(OCC(=O)N/N=C/c2ccccc2Cl)c1C#N. The third-order valence-corrected chi connectivity index (χ3v) is 3.59. The fraction of sp³-hybridized carbons (Fsp3) is 0.222. The lowest BCUT2D eigenvalue weighted by atomic mass is 10.1. The average Bonchev–Trinajstić information content (AvgIpc) is 2.61. The van der Waals surface area contributed by atoms with Crippen LogP contribution in [0, 0.1) is 18.3 Å². The van der Waals surface area contributed by atoms with E-state index >= 15 is 0 Å². The number of hydrogen-bond donors (Lipinski definition) is 1. The lowest BCUT2D eigenvalue weighted by Crippen LogP contribution is -2.25. The number of amides is 1. The summed E-state index contributed by atoms with van der Waals surface area (Å²) >= 11 is 5.99. The van der Waals surface area contributed by atoms with Crippen LogP contribution < -0.4 is 10.2 Å². The van der Waals surface area contributed by atoms with Gasteiger partial charge in [-0.05, 0) is 19.1 Å². The van der Waals surface area contributed by atoms with E-state index < -0.39 is 5.91 Å². The number of nitrogens with one attached hydrogen (secondary N) is 1. The number of carbonyl (C=O) groups excluding carboxylic acids is 1. The van der Waals surface area contributed by atoms with Crippen LogP contribution in [0.25, 0.3) is 0 Å². The van der Waals surface area contributed by atoms with Crippen LogP contribution in [-0.2, 0) is 16.1 Å². The van der Waals surface area contributed by atoms with Gasteiger partial charge in [0.2, 0.25) is 5.88 Å². The molecule has 1 amide bonds. The fourth-order valence-electron chi connectivity index (χ4n) is 2.12. The minimum atomic E-state index is -0.492. The van der Waals surface area contributed by atoms with Crippen molar-refractivity contribution in [2.24, 2.45) is 5.10 Å². The third kappa shape index (κ3) is 5.28. The molecule has 0 radical (unpaired) electrons. The Morgan fingerprint density at radius 1 is 1.46 bits per heavy atom. The first-order chi connectivity index (χ1) is 12.5. The molecule has 2 rings (SSSR count). The van der Waals surface area contributed by atoms with Gasteiger partial charge in [0.1, 0.15) is 11.6 Å². The number of halogens is 1. The van der Waals surface area contributed by atoms with Gasteiger partial charge < -0.3 is 9.47 Å². The molecule has 7 nitrogen and oxygen atoms in total. The molecule has 1 aromatic carbocycles. The molecule has 0 unspecified atom stereocenters. The van der Waals surface area contributed by atoms with E-state index in [1.807, 2.05) is 12.1 Å². The van der Waals surface area contributed by atoms with E-state index in [9.17, 15) is 10.1 Å². The maximum absolute atomic E-state index is 11.9. The van der Waals surface area contributed by atoms with Gasteiger partial charge in [-0.25, -0.2) is 10.4 Å². The van der Waals surface area contributed by atoms with Crippen molar-refractivity contribution in [2.45, 2.75) is 13.5 Å². The average molecular weight is 373 g/mol. The number of hydrazone groups is 1. The highest BCUT2D eigenvalue weighted by Gasteiger charge is 2.14. The second kappa shape index (κ2) is 9.51. The zero-order valence-electron chi connectivity index (χ0n) is 14.3. The van der Waals surface area contributed by atoms with E-state index in [1.54, 1.807) is 31.2 Å². The third-order valence-electron chi connectivity index (χ3n) is 3.25. The van der Waals surface area contributed by atoms with Crippen molar-refractivity contribution >= 4 is 23.7 Å². The van der Waals surface area contributed by atoms with Crippen molar-refractivity contribution < 1.29 is 14.3 Å². The zero-order valence-corrected chi connectivity index (χ0v) is 15.1. The van der Waals surface area contributed by atoms with E-state index in [-0.39, 0.29) is 24.7 Å². The van der Waals surface area contributed by atoms with E-state index in [2.05, 4.69) is 15.5 Å². The summed E-state index contributed by atoms with van der Waals surface area (Å²) < 4.78 is 10.5. The van der Waals surface area contributed by atoms with E-state index in [1.165, 1.54) is 13.3 Å². The number of pyridine rings is 1. The Labute approximate surface area is 156 Å². The highest BCUT2D eigenvalue weighted by molar-refractivity contribution is 6.33. The van der Waals surface area contributed by atoms with Crippen molar-refractivity contribution in [1.82, 2.24) is 10.4 Å². The highest BCUT2D eigenvalue weighted by Crippen LogP contribution is 2.21. The van der Waals surface area contributed by atoms with Gasteiger partial charge in [0.05, 0.1) is 12.8 Å². The lowest BCUT2D eigenvalue weighted by Gasteiger charge is -2.10. The van der Waals surface area contributed by atoms with Crippen molar-refractivity contribution in [3.63, 3.8) is 0 Å². The van der Waals surface area contributed by atoms with Crippen LogP contribution in [0.2, 0.25) is 5.02 Å². The number of ether oxygens (including phenoxy) is 2. The largest absolute Gasteiger partial charge is 0.467 e. The summed E-state index contributed by atoms with van der Waals surface area (Å²) in [5, 5.41) is 13.7. The number of benzene rings is 1. The number of nitriles is 1. The highest BCUT2D eigenvalue weighted by atomic mass is 35.5. The molecule has 0 saturated heterocycles. The number of carbonyl (C=O) groups is 1. The molecule has 0 spiro atoms. The van der Waals surface area contributed by atoms with Crippen LogP contribution in [0.1, 0.15) is 22.4 Å². The first kappa shape index (κ1) is 19.4. The molecule has 0 atom stereocenters. The van der Waals surface area contributed by atoms with Crippen LogP contribution in [0.15, 0.2) is 35.4 Å². The monoisotopic (exact) mass is 372 g/mol. The normalized spacial score (nSPS) is 10.5. The number of aromatic nitrogens is 1. The van der Waals surface area contributed by atoms with Crippen LogP contribution in [0.3, 0.4) is 0 Å². The summed E-state index contributed by atoms with van der Waals surface area (Å²) in [5.41, 5.74) is 4.55. The Morgan fingerprint density at radius 3 is 2.92 bits per heavy atom. The van der Waals surface area contributed by atoms with Crippen molar-refractivity contribution in [1.29, 1.82) is 5.26 Å². The van der Waals surface area contributed by atoms with Crippen LogP contribution >= 0.6 is 11.6 Å². The predicted molar refractivity (Wildman–Crippen MR) is 97.1 cm³/mol. The summed E-state index contributed by atoms with van der Waals surface area (Å²) in [6.07, 6.45) is 1.43. The van der Waals surface area contributed by atoms with Gasteiger partial charge in [-0.3, -0.25) is 4.79 Å². The summed E-state index contributed by atoms with van der Waals surface area (Å²) in [6.45, 7) is 1.68. The Hall–Kier alpha value is -2.95. The van der Waals surface area contributed by atoms with Crippen molar-refractivity contribution in [2.75, 3.05) is 13.7 Å². The minimum absolute atomic E-state index is 0.0878.